The van der Waals surface area contributed by atoms with Crippen molar-refractivity contribution in [2.24, 2.45) is 12.5 Å². The van der Waals surface area contributed by atoms with Gasteiger partial charge in [-0.15, -0.1) is 5.10 Å². The van der Waals surface area contributed by atoms with Crippen LogP contribution < -0.4 is 0 Å². The highest BCUT2D eigenvalue weighted by Crippen LogP contribution is 2.21. The molecule has 0 aliphatic carbocycles. The summed E-state index contributed by atoms with van der Waals surface area (Å²) in [6.45, 7) is 5.96. The molecule has 0 fully saturated rings. The molecule has 13 heavy (non-hydrogen) atoms. The molecule has 1 N–H and O–H groups in total. The molecule has 1 atom stereocenters. The molecular weight excluding hydrogens is 168 g/mol. The van der Waals surface area contributed by atoms with Crippen molar-refractivity contribution in [1.29, 1.82) is 0 Å². The van der Waals surface area contributed by atoms with E-state index in [9.17, 15) is 5.11 Å². The van der Waals surface area contributed by atoms with Gasteiger partial charge in [0.1, 0.15) is 0 Å². The third-order valence-corrected chi connectivity index (χ3v) is 2.08. The number of nitrogens with zero attached hydrogens (tertiary/aromatic N) is 4. The molecule has 1 unspecified atom stereocenters. The Morgan fingerprint density at radius 1 is 1.46 bits per heavy atom. The van der Waals surface area contributed by atoms with Crippen LogP contribution in [0.5, 0.6) is 0 Å². The highest BCUT2D eigenvalue weighted by Gasteiger charge is 2.24. The van der Waals surface area contributed by atoms with Gasteiger partial charge >= 0.3 is 0 Å². The molecule has 0 saturated heterocycles. The van der Waals surface area contributed by atoms with E-state index in [0.29, 0.717) is 12.2 Å². The van der Waals surface area contributed by atoms with Crippen LogP contribution >= 0.6 is 0 Å². The third kappa shape index (κ3) is 2.48. The largest absolute Gasteiger partial charge is 0.392 e. The van der Waals surface area contributed by atoms with Gasteiger partial charge in [-0.3, -0.25) is 0 Å². The number of aryl methyl sites for hydroxylation is 1. The van der Waals surface area contributed by atoms with E-state index in [1.165, 1.54) is 0 Å². The molecule has 1 rings (SSSR count). The van der Waals surface area contributed by atoms with Gasteiger partial charge < -0.3 is 5.11 Å². The first-order chi connectivity index (χ1) is 5.91. The number of aliphatic hydroxyl groups excluding tert-OH is 1. The van der Waals surface area contributed by atoms with E-state index in [-0.39, 0.29) is 5.41 Å². The predicted molar refractivity (Wildman–Crippen MR) is 48.0 cm³/mol. The van der Waals surface area contributed by atoms with E-state index >= 15 is 0 Å². The van der Waals surface area contributed by atoms with Crippen LogP contribution in [0.1, 0.15) is 26.6 Å². The van der Waals surface area contributed by atoms with Crippen molar-refractivity contribution >= 4 is 0 Å². The van der Waals surface area contributed by atoms with Gasteiger partial charge in [0, 0.05) is 13.5 Å². The zero-order valence-electron chi connectivity index (χ0n) is 8.52. The van der Waals surface area contributed by atoms with Crippen molar-refractivity contribution in [2.75, 3.05) is 0 Å². The van der Waals surface area contributed by atoms with Gasteiger partial charge in [-0.1, -0.05) is 20.8 Å². The molecule has 1 aromatic heterocycles. The van der Waals surface area contributed by atoms with Crippen LogP contribution in [-0.4, -0.2) is 31.4 Å². The topological polar surface area (TPSA) is 63.8 Å². The number of rotatable bonds is 2. The monoisotopic (exact) mass is 184 g/mol. The summed E-state index contributed by atoms with van der Waals surface area (Å²) in [7, 11) is 1.77. The standard InChI is InChI=1S/C8H16N4O/c1-8(2,3)6(13)5-7-9-10-11-12(7)4/h6,13H,5H2,1-4H3. The van der Waals surface area contributed by atoms with Gasteiger partial charge in [-0.05, 0) is 15.8 Å². The minimum atomic E-state index is -0.419. The highest BCUT2D eigenvalue weighted by atomic mass is 16.3. The average Bonchev–Trinajstić information content (AvgIpc) is 2.34. The lowest BCUT2D eigenvalue weighted by Gasteiger charge is -2.24. The minimum absolute atomic E-state index is 0.133. The van der Waals surface area contributed by atoms with Gasteiger partial charge in [-0.25, -0.2) is 4.68 Å². The van der Waals surface area contributed by atoms with Crippen molar-refractivity contribution in [3.63, 3.8) is 0 Å². The number of aromatic nitrogens is 4. The van der Waals surface area contributed by atoms with E-state index < -0.39 is 6.10 Å². The Hall–Kier alpha value is -0.970. The summed E-state index contributed by atoms with van der Waals surface area (Å²) in [5, 5.41) is 20.8. The molecule has 5 nitrogen and oxygen atoms in total. The van der Waals surface area contributed by atoms with E-state index in [1.54, 1.807) is 11.7 Å². The second-order valence-corrected chi connectivity index (χ2v) is 4.30. The quantitative estimate of drug-likeness (QED) is 0.711. The lowest BCUT2D eigenvalue weighted by atomic mass is 9.87. The fourth-order valence-corrected chi connectivity index (χ4v) is 0.900. The molecule has 74 valence electrons. The van der Waals surface area contributed by atoms with Crippen LogP contribution in [0, 0.1) is 5.41 Å². The zero-order chi connectivity index (χ0) is 10.1. The maximum atomic E-state index is 9.77. The smallest absolute Gasteiger partial charge is 0.153 e. The molecule has 0 spiro atoms. The molecule has 5 heteroatoms. The second kappa shape index (κ2) is 3.41. The molecule has 0 saturated carbocycles. The second-order valence-electron chi connectivity index (χ2n) is 4.30. The Morgan fingerprint density at radius 3 is 2.46 bits per heavy atom. The summed E-state index contributed by atoms with van der Waals surface area (Å²) in [5.41, 5.74) is -0.133. The van der Waals surface area contributed by atoms with Crippen molar-refractivity contribution < 1.29 is 5.11 Å². The summed E-state index contributed by atoms with van der Waals surface area (Å²) < 4.78 is 1.58. The Morgan fingerprint density at radius 2 is 2.08 bits per heavy atom. The molecule has 0 aromatic carbocycles. The maximum absolute atomic E-state index is 9.77. The lowest BCUT2D eigenvalue weighted by molar-refractivity contribution is 0.0611. The molecule has 1 aromatic rings. The highest BCUT2D eigenvalue weighted by molar-refractivity contribution is 4.87. The van der Waals surface area contributed by atoms with Crippen molar-refractivity contribution in [1.82, 2.24) is 20.2 Å². The maximum Gasteiger partial charge on any atom is 0.153 e. The Labute approximate surface area is 77.8 Å². The molecule has 0 bridgehead atoms. The van der Waals surface area contributed by atoms with Gasteiger partial charge in [0.25, 0.3) is 0 Å². The van der Waals surface area contributed by atoms with Crippen molar-refractivity contribution in [3.8, 4) is 0 Å². The number of hydrogen-bond donors (Lipinski definition) is 1. The van der Waals surface area contributed by atoms with Crippen LogP contribution in [0.4, 0.5) is 0 Å². The molecule has 0 radical (unpaired) electrons. The summed E-state index contributed by atoms with van der Waals surface area (Å²) >= 11 is 0. The van der Waals surface area contributed by atoms with Crippen LogP contribution in [0.25, 0.3) is 0 Å². The first-order valence-corrected chi connectivity index (χ1v) is 4.30. The fourth-order valence-electron chi connectivity index (χ4n) is 0.900. The Kier molecular flexibility index (Phi) is 2.66. The number of hydrogen-bond acceptors (Lipinski definition) is 4. The number of tetrazole rings is 1. The van der Waals surface area contributed by atoms with Crippen molar-refractivity contribution in [3.05, 3.63) is 5.82 Å². The first kappa shape index (κ1) is 10.1. The van der Waals surface area contributed by atoms with Gasteiger partial charge in [0.05, 0.1) is 6.10 Å². The summed E-state index contributed by atoms with van der Waals surface area (Å²) in [6.07, 6.45) is 0.0738. The molecular formula is C8H16N4O. The van der Waals surface area contributed by atoms with Crippen LogP contribution in [0.15, 0.2) is 0 Å². The van der Waals surface area contributed by atoms with Gasteiger partial charge in [0.15, 0.2) is 5.82 Å². The molecule has 0 aliphatic heterocycles. The van der Waals surface area contributed by atoms with Gasteiger partial charge in [0.2, 0.25) is 0 Å². The normalized spacial score (nSPS) is 14.5. The molecule has 1 heterocycles. The van der Waals surface area contributed by atoms with Gasteiger partial charge in [-0.2, -0.15) is 0 Å². The lowest BCUT2D eigenvalue weighted by Crippen LogP contribution is -2.29. The zero-order valence-corrected chi connectivity index (χ0v) is 8.52. The molecule has 0 aliphatic rings. The van der Waals surface area contributed by atoms with E-state index in [4.69, 9.17) is 0 Å². The summed E-state index contributed by atoms with van der Waals surface area (Å²) in [6, 6.07) is 0. The number of aliphatic hydroxyl groups is 1. The fraction of sp³-hybridized carbons (Fsp3) is 0.875. The van der Waals surface area contributed by atoms with E-state index in [0.717, 1.165) is 0 Å². The summed E-state index contributed by atoms with van der Waals surface area (Å²) in [5.74, 6) is 0.711. The third-order valence-electron chi connectivity index (χ3n) is 2.08. The first-order valence-electron chi connectivity index (χ1n) is 4.30. The average molecular weight is 184 g/mol. The van der Waals surface area contributed by atoms with Crippen LogP contribution in [0.2, 0.25) is 0 Å². The van der Waals surface area contributed by atoms with Crippen LogP contribution in [0.3, 0.4) is 0 Å². The minimum Gasteiger partial charge on any atom is -0.392 e. The van der Waals surface area contributed by atoms with E-state index in [2.05, 4.69) is 15.5 Å². The Balaban J connectivity index is 2.65. The van der Waals surface area contributed by atoms with E-state index in [1.807, 2.05) is 20.8 Å². The predicted octanol–water partition coefficient (Wildman–Crippen LogP) is 0.160. The molecule has 0 amide bonds. The Bertz CT molecular complexity index is 276. The summed E-state index contributed by atoms with van der Waals surface area (Å²) in [4.78, 5) is 0. The van der Waals surface area contributed by atoms with Crippen molar-refractivity contribution in [2.45, 2.75) is 33.3 Å². The SMILES string of the molecule is Cn1nnnc1CC(O)C(C)(C)C. The van der Waals surface area contributed by atoms with Crippen LogP contribution in [-0.2, 0) is 13.5 Å².